The third kappa shape index (κ3) is 5.89. The maximum absolute atomic E-state index is 6.82. The zero-order valence-corrected chi connectivity index (χ0v) is 38.7. The van der Waals surface area contributed by atoms with Gasteiger partial charge in [0.1, 0.15) is 0 Å². The molecule has 0 amide bonds. The molecule has 5 heterocycles. The Bertz CT molecular complexity index is 3900. The molecule has 68 heavy (non-hydrogen) atoms. The van der Waals surface area contributed by atoms with Crippen LogP contribution < -0.4 is 19.8 Å². The van der Waals surface area contributed by atoms with Gasteiger partial charge in [-0.3, -0.25) is 0 Å². The maximum atomic E-state index is 6.82. The Hall–Kier alpha value is -8.25. The van der Waals surface area contributed by atoms with Gasteiger partial charge in [-0.2, -0.15) is 0 Å². The van der Waals surface area contributed by atoms with Gasteiger partial charge in [-0.15, -0.1) is 0 Å². The third-order valence-corrected chi connectivity index (χ3v) is 14.7. The van der Waals surface area contributed by atoms with Crippen LogP contribution in [0.2, 0.25) is 0 Å². The fourth-order valence-electron chi connectivity index (χ4n) is 10.8. The molecule has 0 atom stereocenters. The van der Waals surface area contributed by atoms with Crippen LogP contribution in [-0.2, 0) is 19.4 Å². The Morgan fingerprint density at radius 2 is 0.956 bits per heavy atom. The molecule has 0 saturated carbocycles. The van der Waals surface area contributed by atoms with E-state index in [4.69, 9.17) is 9.72 Å². The van der Waals surface area contributed by atoms with Crippen LogP contribution in [0.5, 0.6) is 11.6 Å². The summed E-state index contributed by atoms with van der Waals surface area (Å²) in [6.07, 6.45) is 0. The van der Waals surface area contributed by atoms with Crippen molar-refractivity contribution in [2.75, 3.05) is 9.62 Å². The average molecular weight is 1050 g/mol. The Morgan fingerprint density at radius 1 is 0.397 bits per heavy atom. The summed E-state index contributed by atoms with van der Waals surface area (Å²) in [7, 11) is 0. The van der Waals surface area contributed by atoms with Gasteiger partial charge in [-0.1, -0.05) is 42.5 Å². The second kappa shape index (κ2) is 15.4. The van der Waals surface area contributed by atoms with Crippen LogP contribution in [-0.4, -0.2) is 21.1 Å². The van der Waals surface area contributed by atoms with Crippen LogP contribution in [0.1, 0.15) is 0 Å². The number of hydrogen-bond acceptors (Lipinski definition) is 4. The molecule has 0 radical (unpaired) electrons. The van der Waals surface area contributed by atoms with Crippen molar-refractivity contribution in [3.8, 4) is 78.6 Å². The molecule has 3 aliphatic heterocycles. The van der Waals surface area contributed by atoms with Crippen LogP contribution in [0.3, 0.4) is 0 Å². The first-order valence-corrected chi connectivity index (χ1v) is 24.0. The van der Waals surface area contributed by atoms with Crippen LogP contribution in [0.15, 0.2) is 231 Å². The molecule has 0 unspecified atom stereocenters. The van der Waals surface area contributed by atoms with Gasteiger partial charge >= 0.3 is 336 Å². The molecule has 0 spiro atoms. The van der Waals surface area contributed by atoms with Crippen molar-refractivity contribution in [2.24, 2.45) is 0 Å². The van der Waals surface area contributed by atoms with E-state index in [0.717, 1.165) is 65.5 Å². The van der Waals surface area contributed by atoms with E-state index in [2.05, 4.69) is 256 Å². The van der Waals surface area contributed by atoms with Gasteiger partial charge < -0.3 is 0 Å². The van der Waals surface area contributed by atoms with E-state index in [-0.39, 0.29) is 6.98 Å². The van der Waals surface area contributed by atoms with Crippen molar-refractivity contribution in [3.63, 3.8) is 0 Å². The summed E-state index contributed by atoms with van der Waals surface area (Å²) >= 11 is 2.51. The molecule has 0 aliphatic carbocycles. The zero-order valence-electron chi connectivity index (χ0n) is 36.5. The minimum absolute atomic E-state index is 0.0664. The number of pyridine rings is 1. The zero-order chi connectivity index (χ0) is 44.9. The fraction of sp³-hybridized carbons (Fsp3) is 0. The standard InChI is InChI=1S/C60H38BN5O.Pt/c1-3-17-40(18-4-1)42-21-13-22-43(37-42)47-27-15-26-46(41-19-5-2-6-20-41)59(47)64-39-63(53-31-9-10-32-54(53)64)44-23-14-24-45(38-44)67-57-36-35-51-50-29-16-28-49-48-25-7-8-30-52(48)65-55-33-11-12-34-56(55)66(60(51)62-57)61(65)58(49)50;/h1-38H;. The number of hydrogen-bond donors (Lipinski definition) is 0. The molecular weight excluding hydrogens is 1010 g/mol. The number of aromatic nitrogens is 3. The summed E-state index contributed by atoms with van der Waals surface area (Å²) in [5, 5.41) is 0. The van der Waals surface area contributed by atoms with Crippen molar-refractivity contribution < 1.29 is 24.1 Å². The molecule has 0 saturated heterocycles. The number of benzene rings is 9. The number of imidazole rings is 1. The molecule has 2 aromatic heterocycles. The molecule has 6 nitrogen and oxygen atoms in total. The first kappa shape index (κ1) is 39.0. The molecule has 9 aromatic carbocycles. The summed E-state index contributed by atoms with van der Waals surface area (Å²) in [5.74, 6) is 2.12. The Morgan fingerprint density at radius 3 is 1.74 bits per heavy atom. The van der Waals surface area contributed by atoms with Crippen molar-refractivity contribution in [1.29, 1.82) is 0 Å². The number of ether oxygens (including phenoxy) is 1. The molecule has 3 aliphatic rings. The van der Waals surface area contributed by atoms with E-state index in [1.165, 1.54) is 44.7 Å². The van der Waals surface area contributed by atoms with Crippen LogP contribution in [0.25, 0.3) is 78.0 Å². The monoisotopic (exact) mass is 1050 g/mol. The van der Waals surface area contributed by atoms with E-state index >= 15 is 0 Å². The Balaban J connectivity index is 0.894. The number of nitrogens with zero attached hydrogens (tertiary/aromatic N) is 5. The van der Waals surface area contributed by atoms with Gasteiger partial charge in [0.15, 0.2) is 0 Å². The predicted molar refractivity (Wildman–Crippen MR) is 273 cm³/mol. The quantitative estimate of drug-likeness (QED) is 0.149. The van der Waals surface area contributed by atoms with E-state index in [0.29, 0.717) is 11.6 Å². The van der Waals surface area contributed by atoms with Gasteiger partial charge in [-0.05, 0) is 17.7 Å². The van der Waals surface area contributed by atoms with Gasteiger partial charge in [0.25, 0.3) is 0 Å². The second-order valence-electron chi connectivity index (χ2n) is 17.4. The summed E-state index contributed by atoms with van der Waals surface area (Å²) in [5.41, 5.74) is 20.9. The van der Waals surface area contributed by atoms with Gasteiger partial charge in [0.2, 0.25) is 0 Å². The summed E-state index contributed by atoms with van der Waals surface area (Å²) in [6.45, 7) is -0.0664. The second-order valence-corrected chi connectivity index (χ2v) is 18.4. The number of fused-ring (bicyclic) bond motifs is 10. The molecule has 8 heteroatoms. The number of para-hydroxylation sites is 6. The third-order valence-electron chi connectivity index (χ3n) is 13.7. The van der Waals surface area contributed by atoms with Gasteiger partial charge in [0, 0.05) is 11.3 Å². The van der Waals surface area contributed by atoms with E-state index < -0.39 is 0 Å². The van der Waals surface area contributed by atoms with E-state index in [9.17, 15) is 0 Å². The SMILES string of the molecule is [Pt]=[c]1n(-c2cccc(Oc3ccc4c(n3)N3B5c6c(cccc6-4)-c4ccccc4N5c4ccccc43)c2)c2ccccc2n1-c1c(-c2ccccc2)cccc1-c1cccc(-c2ccccc2)c1. The van der Waals surface area contributed by atoms with E-state index in [1.807, 2.05) is 12.1 Å². The number of anilines is 4. The van der Waals surface area contributed by atoms with E-state index in [1.54, 1.807) is 0 Å². The molecule has 0 bridgehead atoms. The fourth-order valence-corrected chi connectivity index (χ4v) is 11.9. The Kier molecular flexibility index (Phi) is 8.83. The van der Waals surface area contributed by atoms with Gasteiger partial charge in [0.05, 0.1) is 0 Å². The molecule has 14 rings (SSSR count). The minimum atomic E-state index is -0.0664. The molecule has 322 valence electrons. The summed E-state index contributed by atoms with van der Waals surface area (Å²) < 4.78 is 12.6. The molecular formula is C60H38BN5OPt. The molecule has 0 fully saturated rings. The van der Waals surface area contributed by atoms with Crippen molar-refractivity contribution in [2.45, 2.75) is 0 Å². The average Bonchev–Trinajstić information content (AvgIpc) is 3.91. The van der Waals surface area contributed by atoms with Crippen molar-refractivity contribution in [1.82, 2.24) is 14.1 Å². The van der Waals surface area contributed by atoms with Crippen LogP contribution >= 0.6 is 0 Å². The Labute approximate surface area is 404 Å². The van der Waals surface area contributed by atoms with Crippen LogP contribution in [0, 0.1) is 3.80 Å². The summed E-state index contributed by atoms with van der Waals surface area (Å²) in [4.78, 5) is 10.3. The van der Waals surface area contributed by atoms with Crippen LogP contribution in [0.4, 0.5) is 22.9 Å². The number of rotatable bonds is 7. The topological polar surface area (TPSA) is 38.5 Å². The van der Waals surface area contributed by atoms with Gasteiger partial charge in [-0.25, -0.2) is 0 Å². The normalized spacial score (nSPS) is 12.7. The predicted octanol–water partition coefficient (Wildman–Crippen LogP) is 14.3. The molecule has 11 aromatic rings. The summed E-state index contributed by atoms with van der Waals surface area (Å²) in [6, 6.07) is 82.3. The van der Waals surface area contributed by atoms with Crippen molar-refractivity contribution in [3.05, 3.63) is 234 Å². The molecule has 0 N–H and O–H groups in total. The first-order chi connectivity index (χ1) is 33.7. The van der Waals surface area contributed by atoms with Crippen molar-refractivity contribution >= 4 is 46.4 Å². The first-order valence-electron chi connectivity index (χ1n) is 22.9.